The number of nitrogens with zero attached hydrogens (tertiary/aromatic N) is 2. The van der Waals surface area contributed by atoms with E-state index in [0.29, 0.717) is 11.4 Å². The Kier molecular flexibility index (Phi) is 4.20. The maximum absolute atomic E-state index is 12.7. The van der Waals surface area contributed by atoms with Crippen molar-refractivity contribution in [3.8, 4) is 11.4 Å². The van der Waals surface area contributed by atoms with Gasteiger partial charge in [0.1, 0.15) is 11.4 Å². The van der Waals surface area contributed by atoms with Crippen molar-refractivity contribution < 1.29 is 9.53 Å². The van der Waals surface area contributed by atoms with Crippen LogP contribution < -0.4 is 15.6 Å². The monoisotopic (exact) mass is 323 g/mol. The van der Waals surface area contributed by atoms with Gasteiger partial charge < -0.3 is 4.74 Å². The van der Waals surface area contributed by atoms with Gasteiger partial charge in [0, 0.05) is 7.05 Å². The van der Waals surface area contributed by atoms with Gasteiger partial charge in [0.25, 0.3) is 5.56 Å². The van der Waals surface area contributed by atoms with Crippen LogP contribution in [0, 0.1) is 6.92 Å². The fourth-order valence-electron chi connectivity index (χ4n) is 2.44. The topological polar surface area (TPSA) is 65.3 Å². The first-order valence-corrected chi connectivity index (χ1v) is 7.46. The van der Waals surface area contributed by atoms with Crippen molar-refractivity contribution in [2.24, 2.45) is 7.05 Å². The van der Waals surface area contributed by atoms with Crippen molar-refractivity contribution >= 4 is 11.8 Å². The molecule has 0 radical (unpaired) electrons. The molecular weight excluding hydrogens is 306 g/mol. The summed E-state index contributed by atoms with van der Waals surface area (Å²) in [6, 6.07) is 17.9. The van der Waals surface area contributed by atoms with Gasteiger partial charge in [0.2, 0.25) is 0 Å². The van der Waals surface area contributed by atoms with Gasteiger partial charge >= 0.3 is 6.09 Å². The van der Waals surface area contributed by atoms with E-state index in [9.17, 15) is 9.59 Å². The summed E-state index contributed by atoms with van der Waals surface area (Å²) in [5.41, 5.74) is 1.24. The van der Waals surface area contributed by atoms with Crippen LogP contribution in [0.3, 0.4) is 0 Å². The molecule has 1 aromatic heterocycles. The number of para-hydroxylation sites is 2. The fourth-order valence-corrected chi connectivity index (χ4v) is 2.44. The molecule has 0 aliphatic heterocycles. The minimum Gasteiger partial charge on any atom is -0.410 e. The molecule has 0 unspecified atom stereocenters. The van der Waals surface area contributed by atoms with Crippen molar-refractivity contribution in [1.82, 2.24) is 9.36 Å². The first kappa shape index (κ1) is 15.6. The first-order valence-electron chi connectivity index (χ1n) is 7.46. The number of carbonyl (C=O) groups is 1. The second-order valence-electron chi connectivity index (χ2n) is 5.26. The zero-order chi connectivity index (χ0) is 17.1. The van der Waals surface area contributed by atoms with Gasteiger partial charge in [-0.3, -0.25) is 14.8 Å². The molecule has 0 aliphatic carbocycles. The molecule has 0 atom stereocenters. The second kappa shape index (κ2) is 6.45. The van der Waals surface area contributed by atoms with E-state index in [-0.39, 0.29) is 11.2 Å². The molecule has 0 fully saturated rings. The van der Waals surface area contributed by atoms with E-state index in [1.54, 1.807) is 42.9 Å². The van der Waals surface area contributed by atoms with Gasteiger partial charge in [-0.15, -0.1) is 0 Å². The third kappa shape index (κ3) is 2.94. The summed E-state index contributed by atoms with van der Waals surface area (Å²) in [6.45, 7) is 1.76. The highest BCUT2D eigenvalue weighted by Gasteiger charge is 2.18. The molecule has 3 rings (SSSR count). The van der Waals surface area contributed by atoms with Crippen molar-refractivity contribution in [3.05, 3.63) is 76.7 Å². The summed E-state index contributed by atoms with van der Waals surface area (Å²) >= 11 is 0. The summed E-state index contributed by atoms with van der Waals surface area (Å²) in [6.07, 6.45) is -0.702. The Bertz CT molecular complexity index is 912. The van der Waals surface area contributed by atoms with Gasteiger partial charge in [0.15, 0.2) is 0 Å². The van der Waals surface area contributed by atoms with Crippen LogP contribution in [0.4, 0.5) is 10.5 Å². The van der Waals surface area contributed by atoms with Crippen LogP contribution in [-0.4, -0.2) is 15.5 Å². The van der Waals surface area contributed by atoms with Crippen LogP contribution in [0.2, 0.25) is 0 Å². The maximum atomic E-state index is 12.7. The average molecular weight is 323 g/mol. The zero-order valence-corrected chi connectivity index (χ0v) is 13.4. The lowest BCUT2D eigenvalue weighted by molar-refractivity contribution is 0.215. The quantitative estimate of drug-likeness (QED) is 0.805. The van der Waals surface area contributed by atoms with E-state index in [0.717, 1.165) is 5.69 Å². The third-order valence-electron chi connectivity index (χ3n) is 3.74. The number of amides is 1. The summed E-state index contributed by atoms with van der Waals surface area (Å²) < 4.78 is 8.36. The zero-order valence-electron chi connectivity index (χ0n) is 13.4. The summed E-state index contributed by atoms with van der Waals surface area (Å²) in [5.74, 6) is 0.409. The number of carbonyl (C=O) groups excluding carboxylic acids is 1. The Morgan fingerprint density at radius 1 is 1.00 bits per heavy atom. The molecule has 2 aromatic carbocycles. The SMILES string of the molecule is Cc1c(NC(=O)Oc2ccccc2)c(=O)n(-c2ccccc2)n1C. The number of hydrogen-bond donors (Lipinski definition) is 1. The van der Waals surface area contributed by atoms with Crippen LogP contribution in [0.25, 0.3) is 5.69 Å². The highest BCUT2D eigenvalue weighted by Crippen LogP contribution is 2.15. The predicted molar refractivity (Wildman–Crippen MR) is 91.8 cm³/mol. The molecule has 3 aromatic rings. The van der Waals surface area contributed by atoms with E-state index in [1.807, 2.05) is 36.4 Å². The van der Waals surface area contributed by atoms with Gasteiger partial charge in [0.05, 0.1) is 11.4 Å². The number of anilines is 1. The second-order valence-corrected chi connectivity index (χ2v) is 5.26. The normalized spacial score (nSPS) is 10.4. The highest BCUT2D eigenvalue weighted by molar-refractivity contribution is 5.86. The number of benzene rings is 2. The van der Waals surface area contributed by atoms with Crippen molar-refractivity contribution in [3.63, 3.8) is 0 Å². The molecule has 0 aliphatic rings. The maximum Gasteiger partial charge on any atom is 0.417 e. The Morgan fingerprint density at radius 2 is 1.58 bits per heavy atom. The fraction of sp³-hybridized carbons (Fsp3) is 0.111. The van der Waals surface area contributed by atoms with Crippen LogP contribution in [0.5, 0.6) is 5.75 Å². The summed E-state index contributed by atoms with van der Waals surface area (Å²) in [4.78, 5) is 24.7. The molecule has 122 valence electrons. The average Bonchev–Trinajstić information content (AvgIpc) is 2.80. The molecule has 24 heavy (non-hydrogen) atoms. The largest absolute Gasteiger partial charge is 0.417 e. The molecule has 0 saturated carbocycles. The molecule has 0 saturated heterocycles. The van der Waals surface area contributed by atoms with Gasteiger partial charge in [-0.1, -0.05) is 36.4 Å². The lowest BCUT2D eigenvalue weighted by Gasteiger charge is -2.07. The number of ether oxygens (including phenoxy) is 1. The molecule has 6 nitrogen and oxygen atoms in total. The molecular formula is C18H17N3O3. The lowest BCUT2D eigenvalue weighted by Crippen LogP contribution is -2.24. The number of hydrogen-bond acceptors (Lipinski definition) is 3. The molecule has 0 spiro atoms. The number of aromatic nitrogens is 2. The Hall–Kier alpha value is -3.28. The Balaban J connectivity index is 1.90. The lowest BCUT2D eigenvalue weighted by atomic mass is 10.3. The minimum atomic E-state index is -0.702. The van der Waals surface area contributed by atoms with Crippen molar-refractivity contribution in [1.29, 1.82) is 0 Å². The Morgan fingerprint density at radius 3 is 2.21 bits per heavy atom. The van der Waals surface area contributed by atoms with E-state index in [2.05, 4.69) is 5.32 Å². The number of nitrogens with one attached hydrogen (secondary N) is 1. The van der Waals surface area contributed by atoms with Crippen LogP contribution in [-0.2, 0) is 7.05 Å². The van der Waals surface area contributed by atoms with E-state index < -0.39 is 6.09 Å². The molecule has 0 bridgehead atoms. The Labute approximate surface area is 138 Å². The third-order valence-corrected chi connectivity index (χ3v) is 3.74. The van der Waals surface area contributed by atoms with Gasteiger partial charge in [-0.25, -0.2) is 9.48 Å². The van der Waals surface area contributed by atoms with Crippen LogP contribution in [0.15, 0.2) is 65.5 Å². The van der Waals surface area contributed by atoms with E-state index >= 15 is 0 Å². The van der Waals surface area contributed by atoms with Crippen molar-refractivity contribution in [2.75, 3.05) is 5.32 Å². The summed E-state index contributed by atoms with van der Waals surface area (Å²) in [5, 5.41) is 2.54. The standard InChI is InChI=1S/C18H17N3O3/c1-13-16(19-18(23)24-15-11-7-4-8-12-15)17(22)21(20(13)2)14-9-5-3-6-10-14/h3-12H,1-2H3,(H,19,23). The number of rotatable bonds is 3. The molecule has 1 N–H and O–H groups in total. The van der Waals surface area contributed by atoms with Crippen LogP contribution >= 0.6 is 0 Å². The molecule has 6 heteroatoms. The molecule has 1 heterocycles. The first-order chi connectivity index (χ1) is 11.6. The van der Waals surface area contributed by atoms with E-state index in [1.165, 1.54) is 4.68 Å². The summed E-state index contributed by atoms with van der Waals surface area (Å²) in [7, 11) is 1.76. The highest BCUT2D eigenvalue weighted by atomic mass is 16.6. The van der Waals surface area contributed by atoms with Crippen LogP contribution in [0.1, 0.15) is 5.69 Å². The van der Waals surface area contributed by atoms with E-state index in [4.69, 9.17) is 4.74 Å². The van der Waals surface area contributed by atoms with Gasteiger partial charge in [-0.05, 0) is 31.2 Å². The van der Waals surface area contributed by atoms with Crippen molar-refractivity contribution in [2.45, 2.75) is 6.92 Å². The smallest absolute Gasteiger partial charge is 0.410 e. The minimum absolute atomic E-state index is 0.197. The predicted octanol–water partition coefficient (Wildman–Crippen LogP) is 3.10. The van der Waals surface area contributed by atoms with Gasteiger partial charge in [-0.2, -0.15) is 0 Å². The molecule has 1 amide bonds.